The molecule has 0 unspecified atom stereocenters. The van der Waals surface area contributed by atoms with Gasteiger partial charge >= 0.3 is 5.97 Å². The monoisotopic (exact) mass is 236 g/mol. The van der Waals surface area contributed by atoms with Crippen LogP contribution in [-0.4, -0.2) is 18.4 Å². The Morgan fingerprint density at radius 2 is 1.79 bits per heavy atom. The second kappa shape index (κ2) is 10.9. The van der Waals surface area contributed by atoms with Crippen LogP contribution in [-0.2, 0) is 41.1 Å². The van der Waals surface area contributed by atoms with Crippen LogP contribution in [0.2, 0.25) is 0 Å². The second-order valence-corrected chi connectivity index (χ2v) is 2.74. The fourth-order valence-electron chi connectivity index (χ4n) is 0.748. The summed E-state index contributed by atoms with van der Waals surface area (Å²) in [5, 5.41) is 0. The van der Waals surface area contributed by atoms with Gasteiger partial charge in [0.15, 0.2) is 0 Å². The van der Waals surface area contributed by atoms with Crippen LogP contribution in [0.3, 0.4) is 0 Å². The zero-order valence-electron chi connectivity index (χ0n) is 8.67. The maximum Gasteiger partial charge on any atom is 0.349 e. The molecule has 0 fully saturated rings. The molecule has 0 aliphatic heterocycles. The van der Waals surface area contributed by atoms with Crippen molar-refractivity contribution < 1.29 is 41.1 Å². The predicted molar refractivity (Wildman–Crippen MR) is 46.9 cm³/mol. The Hall–Kier alpha value is -0.186. The van der Waals surface area contributed by atoms with Gasteiger partial charge in [-0.1, -0.05) is 13.8 Å². The Morgan fingerprint density at radius 1 is 1.14 bits per heavy atom. The summed E-state index contributed by atoms with van der Waals surface area (Å²) in [6.45, 7) is 4.15. The van der Waals surface area contributed by atoms with Gasteiger partial charge in [-0.2, -0.15) is 4.89 Å². The molecule has 80 valence electrons. The Bertz CT molecular complexity index is 170. The first-order valence-corrected chi connectivity index (χ1v) is 4.54. The largest absolute Gasteiger partial charge is 0.349 e. The molecule has 0 aromatic heterocycles. The average Bonchev–Trinajstić information content (AvgIpc) is 2.05. The maximum atomic E-state index is 10.9. The molecule has 0 aromatic carbocycles. The summed E-state index contributed by atoms with van der Waals surface area (Å²) >= 11 is 0. The molecule has 0 saturated heterocycles. The van der Waals surface area contributed by atoms with Crippen molar-refractivity contribution in [3.05, 3.63) is 0 Å². The van der Waals surface area contributed by atoms with E-state index in [0.29, 0.717) is 13.0 Å². The third-order valence-corrected chi connectivity index (χ3v) is 1.31. The average molecular weight is 236 g/mol. The minimum atomic E-state index is -0.605. The third-order valence-electron chi connectivity index (χ3n) is 1.31. The van der Waals surface area contributed by atoms with Crippen LogP contribution < -0.4 is 0 Å². The third kappa shape index (κ3) is 9.90. The molecule has 0 atom stereocenters. The quantitative estimate of drug-likeness (QED) is 0.221. The van der Waals surface area contributed by atoms with Gasteiger partial charge in [0.1, 0.15) is 12.2 Å². The molecule has 0 radical (unpaired) electrons. The molecule has 0 N–H and O–H groups in total. The van der Waals surface area contributed by atoms with E-state index in [1.54, 1.807) is 0 Å². The minimum absolute atomic E-state index is 0. The van der Waals surface area contributed by atoms with Gasteiger partial charge in [-0.05, 0) is 12.8 Å². The van der Waals surface area contributed by atoms with E-state index < -0.39 is 5.97 Å². The normalized spacial score (nSPS) is 9.00. The molecule has 0 rings (SSSR count). The van der Waals surface area contributed by atoms with Crippen LogP contribution >= 0.6 is 0 Å². The molecule has 0 saturated carbocycles. The van der Waals surface area contributed by atoms with Crippen molar-refractivity contribution in [3.8, 4) is 0 Å². The van der Waals surface area contributed by atoms with E-state index in [1.807, 2.05) is 13.8 Å². The minimum Gasteiger partial charge on any atom is -0.299 e. The van der Waals surface area contributed by atoms with E-state index in [2.05, 4.69) is 9.78 Å². The van der Waals surface area contributed by atoms with Gasteiger partial charge in [-0.15, -0.1) is 0 Å². The second-order valence-electron chi connectivity index (χ2n) is 2.74. The van der Waals surface area contributed by atoms with Gasteiger partial charge < -0.3 is 0 Å². The smallest absolute Gasteiger partial charge is 0.299 e. The molecule has 4 nitrogen and oxygen atoms in total. The number of carbonyl (C=O) groups is 2. The Balaban J connectivity index is 0. The van der Waals surface area contributed by atoms with Crippen molar-refractivity contribution in [2.24, 2.45) is 0 Å². The zero-order chi connectivity index (χ0) is 10.1. The molecule has 0 amide bonds. The number of hydrogen-bond acceptors (Lipinski definition) is 4. The fraction of sp³-hybridized carbons (Fsp3) is 0.778. The van der Waals surface area contributed by atoms with Crippen molar-refractivity contribution in [3.63, 3.8) is 0 Å². The van der Waals surface area contributed by atoms with Gasteiger partial charge in [0.05, 0.1) is 6.61 Å². The molecule has 0 spiro atoms. The van der Waals surface area contributed by atoms with Gasteiger partial charge in [-0.25, -0.2) is 4.79 Å². The zero-order valence-corrected chi connectivity index (χ0v) is 10.2. The van der Waals surface area contributed by atoms with Crippen LogP contribution in [0.1, 0.15) is 39.5 Å². The van der Waals surface area contributed by atoms with E-state index in [4.69, 9.17) is 0 Å². The summed E-state index contributed by atoms with van der Waals surface area (Å²) in [6.07, 6.45) is 1.76. The van der Waals surface area contributed by atoms with Crippen molar-refractivity contribution in [1.82, 2.24) is 0 Å². The fourth-order valence-corrected chi connectivity index (χ4v) is 0.748. The van der Waals surface area contributed by atoms with Gasteiger partial charge in [0.25, 0.3) is 0 Å². The standard InChI is InChI=1S/C9H16O4.Ti/c1-3-5-8(10)7-9(11)13-12-6-4-2;/h3-7H2,1-2H3;. The first-order valence-electron chi connectivity index (χ1n) is 4.54. The molecular formula is C9H16O4Ti. The summed E-state index contributed by atoms with van der Waals surface area (Å²) in [7, 11) is 0. The molecular weight excluding hydrogens is 220 g/mol. The van der Waals surface area contributed by atoms with E-state index in [1.165, 1.54) is 0 Å². The molecule has 14 heavy (non-hydrogen) atoms. The SMILES string of the molecule is CCCOOC(=O)CC(=O)CCC.[Ti]. The van der Waals surface area contributed by atoms with E-state index in [0.717, 1.165) is 12.8 Å². The molecule has 0 aliphatic rings. The van der Waals surface area contributed by atoms with Gasteiger partial charge in [0.2, 0.25) is 0 Å². The summed E-state index contributed by atoms with van der Waals surface area (Å²) in [4.78, 5) is 30.6. The number of carbonyl (C=O) groups excluding carboxylic acids is 2. The summed E-state index contributed by atoms with van der Waals surface area (Å²) in [5.41, 5.74) is 0. The molecule has 0 aliphatic carbocycles. The first-order chi connectivity index (χ1) is 6.20. The maximum absolute atomic E-state index is 10.9. The summed E-state index contributed by atoms with van der Waals surface area (Å²) < 4.78 is 0. The van der Waals surface area contributed by atoms with Crippen LogP contribution in [0.5, 0.6) is 0 Å². The molecule has 0 heterocycles. The van der Waals surface area contributed by atoms with Crippen molar-refractivity contribution in [2.75, 3.05) is 6.61 Å². The topological polar surface area (TPSA) is 52.6 Å². The van der Waals surface area contributed by atoms with E-state index in [9.17, 15) is 9.59 Å². The van der Waals surface area contributed by atoms with E-state index >= 15 is 0 Å². The van der Waals surface area contributed by atoms with Crippen molar-refractivity contribution in [2.45, 2.75) is 39.5 Å². The summed E-state index contributed by atoms with van der Waals surface area (Å²) in [5.74, 6) is -0.709. The molecule has 0 bridgehead atoms. The van der Waals surface area contributed by atoms with E-state index in [-0.39, 0.29) is 33.9 Å². The van der Waals surface area contributed by atoms with Crippen LogP contribution in [0, 0.1) is 0 Å². The van der Waals surface area contributed by atoms with Crippen LogP contribution in [0.15, 0.2) is 0 Å². The molecule has 5 heteroatoms. The number of Topliss-reactive ketones (excluding diaryl/α,β-unsaturated/α-hetero) is 1. The number of hydrogen-bond donors (Lipinski definition) is 0. The van der Waals surface area contributed by atoms with Crippen LogP contribution in [0.4, 0.5) is 0 Å². The predicted octanol–water partition coefficient (Wildman–Crippen LogP) is 1.63. The first kappa shape index (κ1) is 16.3. The van der Waals surface area contributed by atoms with Crippen molar-refractivity contribution >= 4 is 11.8 Å². The van der Waals surface area contributed by atoms with Gasteiger partial charge in [0, 0.05) is 28.1 Å². The number of ketones is 1. The van der Waals surface area contributed by atoms with Gasteiger partial charge in [-0.3, -0.25) is 9.68 Å². The van der Waals surface area contributed by atoms with Crippen LogP contribution in [0.25, 0.3) is 0 Å². The summed E-state index contributed by atoms with van der Waals surface area (Å²) in [6, 6.07) is 0. The number of rotatable bonds is 7. The molecule has 0 aromatic rings. The Labute approximate surface area is 99.1 Å². The Kier molecular flexibility index (Phi) is 12.6. The van der Waals surface area contributed by atoms with Crippen molar-refractivity contribution in [1.29, 1.82) is 0 Å². The Morgan fingerprint density at radius 3 is 2.29 bits per heavy atom.